The van der Waals surface area contributed by atoms with Gasteiger partial charge in [-0.25, -0.2) is 9.78 Å². The lowest BCUT2D eigenvalue weighted by atomic mass is 9.78. The second-order valence-corrected chi connectivity index (χ2v) is 12.8. The second kappa shape index (κ2) is 9.88. The largest absolute Gasteiger partial charge is 0.496 e. The molecule has 0 saturated carbocycles. The van der Waals surface area contributed by atoms with Gasteiger partial charge in [0.1, 0.15) is 17.3 Å². The highest BCUT2D eigenvalue weighted by Crippen LogP contribution is 2.44. The first-order chi connectivity index (χ1) is 16.9. The summed E-state index contributed by atoms with van der Waals surface area (Å²) >= 11 is 1.76. The summed E-state index contributed by atoms with van der Waals surface area (Å²) in [4.78, 5) is 34.9. The normalized spacial score (nSPS) is 15.4. The molecule has 0 bridgehead atoms. The van der Waals surface area contributed by atoms with Crippen molar-refractivity contribution in [3.63, 3.8) is 0 Å². The molecule has 0 spiro atoms. The number of hydrogen-bond acceptors (Lipinski definition) is 5. The fourth-order valence-corrected chi connectivity index (χ4v) is 5.90. The molecule has 194 valence electrons. The van der Waals surface area contributed by atoms with Crippen LogP contribution in [0.2, 0.25) is 0 Å². The third-order valence-corrected chi connectivity index (χ3v) is 8.17. The van der Waals surface area contributed by atoms with Crippen LogP contribution in [0.15, 0.2) is 35.5 Å². The predicted molar refractivity (Wildman–Crippen MR) is 145 cm³/mol. The molecule has 36 heavy (non-hydrogen) atoms. The lowest BCUT2D eigenvalue weighted by Gasteiger charge is -2.31. The van der Waals surface area contributed by atoms with Crippen LogP contribution in [0.25, 0.3) is 10.6 Å². The molecule has 8 heteroatoms. The molecular formula is C28H38N4O3S. The van der Waals surface area contributed by atoms with Gasteiger partial charge in [-0.3, -0.25) is 9.36 Å². The van der Waals surface area contributed by atoms with Crippen LogP contribution in [0.1, 0.15) is 76.3 Å². The number of amides is 1. The molecule has 3 heterocycles. The van der Waals surface area contributed by atoms with Crippen LogP contribution in [0.4, 0.5) is 0 Å². The molecule has 0 atom stereocenters. The Morgan fingerprint density at radius 1 is 1.11 bits per heavy atom. The zero-order valence-electron chi connectivity index (χ0n) is 22.5. The molecule has 7 nitrogen and oxygen atoms in total. The minimum atomic E-state index is -0.252. The first kappa shape index (κ1) is 26.2. The van der Waals surface area contributed by atoms with Gasteiger partial charge in [-0.1, -0.05) is 41.5 Å². The number of rotatable bonds is 5. The van der Waals surface area contributed by atoms with Crippen molar-refractivity contribution < 1.29 is 9.53 Å². The molecule has 1 amide bonds. The highest BCUT2D eigenvalue weighted by Gasteiger charge is 2.29. The summed E-state index contributed by atoms with van der Waals surface area (Å²) in [5, 5.41) is 1.02. The van der Waals surface area contributed by atoms with E-state index < -0.39 is 0 Å². The monoisotopic (exact) mass is 510 g/mol. The lowest BCUT2D eigenvalue weighted by Crippen LogP contribution is -2.40. The molecule has 1 N–H and O–H groups in total. The van der Waals surface area contributed by atoms with E-state index in [2.05, 4.69) is 58.7 Å². The molecule has 1 fully saturated rings. The summed E-state index contributed by atoms with van der Waals surface area (Å²) in [5.41, 5.74) is 3.14. The van der Waals surface area contributed by atoms with Crippen LogP contribution < -0.4 is 10.4 Å². The molecule has 4 rings (SSSR count). The van der Waals surface area contributed by atoms with Crippen LogP contribution in [0.5, 0.6) is 5.75 Å². The lowest BCUT2D eigenvalue weighted by molar-refractivity contribution is -0.132. The summed E-state index contributed by atoms with van der Waals surface area (Å²) in [7, 11) is 1.76. The van der Waals surface area contributed by atoms with E-state index in [9.17, 15) is 9.59 Å². The first-order valence-corrected chi connectivity index (χ1v) is 13.4. The van der Waals surface area contributed by atoms with E-state index in [0.717, 1.165) is 29.2 Å². The van der Waals surface area contributed by atoms with Gasteiger partial charge in [0.05, 0.1) is 7.11 Å². The Labute approximate surface area is 217 Å². The molecule has 0 aliphatic carbocycles. The molecule has 0 radical (unpaired) electrons. The van der Waals surface area contributed by atoms with Gasteiger partial charge in [-0.15, -0.1) is 11.3 Å². The highest BCUT2D eigenvalue weighted by atomic mass is 32.1. The van der Waals surface area contributed by atoms with Crippen molar-refractivity contribution >= 4 is 17.2 Å². The van der Waals surface area contributed by atoms with Gasteiger partial charge < -0.3 is 14.6 Å². The zero-order chi connectivity index (χ0) is 26.3. The van der Waals surface area contributed by atoms with Crippen molar-refractivity contribution in [3.05, 3.63) is 57.2 Å². The Morgan fingerprint density at radius 3 is 2.22 bits per heavy atom. The van der Waals surface area contributed by atoms with Crippen LogP contribution in [-0.2, 0) is 22.2 Å². The van der Waals surface area contributed by atoms with E-state index in [1.54, 1.807) is 30.8 Å². The maximum absolute atomic E-state index is 12.7. The quantitative estimate of drug-likeness (QED) is 0.504. The molecule has 3 aromatic rings. The topological polar surface area (TPSA) is 80.2 Å². The van der Waals surface area contributed by atoms with Crippen molar-refractivity contribution in [3.8, 4) is 16.3 Å². The molecule has 1 saturated heterocycles. The number of thiazole rings is 1. The number of aromatic nitrogens is 3. The number of carbonyl (C=O) groups is 1. The van der Waals surface area contributed by atoms with Gasteiger partial charge in [0.15, 0.2) is 0 Å². The number of likely N-dealkylation sites (tertiary alicyclic amines) is 1. The van der Waals surface area contributed by atoms with Crippen LogP contribution in [-0.4, -0.2) is 45.5 Å². The Balaban J connectivity index is 1.53. The van der Waals surface area contributed by atoms with Crippen LogP contribution in [0.3, 0.4) is 0 Å². The molecule has 0 unspecified atom stereocenters. The average Bonchev–Trinajstić information content (AvgIpc) is 3.46. The number of carbonyl (C=O) groups excluding carboxylic acids is 1. The minimum absolute atomic E-state index is 0.0113. The Bertz CT molecular complexity index is 1250. The van der Waals surface area contributed by atoms with E-state index in [0.29, 0.717) is 19.0 Å². The fourth-order valence-electron chi connectivity index (χ4n) is 4.83. The molecule has 2 aromatic heterocycles. The Hall–Kier alpha value is -2.87. The van der Waals surface area contributed by atoms with E-state index in [-0.39, 0.29) is 29.0 Å². The number of nitrogens with zero attached hydrogens (tertiary/aromatic N) is 3. The smallest absolute Gasteiger partial charge is 0.325 e. The molecule has 1 aliphatic rings. The van der Waals surface area contributed by atoms with E-state index in [4.69, 9.17) is 9.72 Å². The van der Waals surface area contributed by atoms with Gasteiger partial charge in [0, 0.05) is 53.2 Å². The molecular weight excluding hydrogens is 472 g/mol. The van der Waals surface area contributed by atoms with Crippen molar-refractivity contribution in [1.82, 2.24) is 19.4 Å². The van der Waals surface area contributed by atoms with E-state index in [1.807, 2.05) is 11.1 Å². The van der Waals surface area contributed by atoms with Crippen molar-refractivity contribution in [2.24, 2.45) is 0 Å². The molecule has 1 aliphatic heterocycles. The number of H-pyrrole nitrogens is 1. The van der Waals surface area contributed by atoms with Crippen LogP contribution in [0, 0.1) is 0 Å². The summed E-state index contributed by atoms with van der Waals surface area (Å²) in [5.74, 6) is 1.34. The standard InChI is InChI=1S/C28H38N4O3S/c1-27(2,3)20-14-19(15-21(24(20)35-7)28(4,5)6)25-30-16-22(36-25)18-8-11-31(12-9-18)23(33)17-32-13-10-29-26(32)34/h10,13-16,18H,8-9,11-12,17H2,1-7H3,(H,29,34). The van der Waals surface area contributed by atoms with Gasteiger partial charge in [-0.05, 0) is 41.7 Å². The number of benzene rings is 1. The van der Waals surface area contributed by atoms with Crippen molar-refractivity contribution in [2.45, 2.75) is 77.7 Å². The number of ether oxygens (including phenoxy) is 1. The summed E-state index contributed by atoms with van der Waals surface area (Å²) in [6.45, 7) is 14.8. The molecule has 1 aromatic carbocycles. The third-order valence-electron chi connectivity index (χ3n) is 6.96. The van der Waals surface area contributed by atoms with Crippen molar-refractivity contribution in [2.75, 3.05) is 20.2 Å². The van der Waals surface area contributed by atoms with Crippen LogP contribution >= 0.6 is 11.3 Å². The summed E-state index contributed by atoms with van der Waals surface area (Å²) in [6.07, 6.45) is 6.98. The van der Waals surface area contributed by atoms with Crippen molar-refractivity contribution in [1.29, 1.82) is 0 Å². The number of methoxy groups -OCH3 is 1. The Morgan fingerprint density at radius 2 is 1.72 bits per heavy atom. The van der Waals surface area contributed by atoms with Gasteiger partial charge in [0.2, 0.25) is 5.91 Å². The Kier molecular flexibility index (Phi) is 7.19. The van der Waals surface area contributed by atoms with E-state index >= 15 is 0 Å². The maximum atomic E-state index is 12.7. The number of hydrogen-bond donors (Lipinski definition) is 1. The van der Waals surface area contributed by atoms with Gasteiger partial charge in [0.25, 0.3) is 0 Å². The number of nitrogens with one attached hydrogen (secondary N) is 1. The maximum Gasteiger partial charge on any atom is 0.325 e. The average molecular weight is 511 g/mol. The zero-order valence-corrected chi connectivity index (χ0v) is 23.3. The minimum Gasteiger partial charge on any atom is -0.496 e. The van der Waals surface area contributed by atoms with Gasteiger partial charge >= 0.3 is 5.69 Å². The third kappa shape index (κ3) is 5.43. The van der Waals surface area contributed by atoms with E-state index in [1.165, 1.54) is 20.6 Å². The second-order valence-electron chi connectivity index (χ2n) is 11.7. The number of aromatic amines is 1. The SMILES string of the molecule is COc1c(C(C)(C)C)cc(-c2ncc(C3CCN(C(=O)Cn4cc[nH]c4=O)CC3)s2)cc1C(C)(C)C. The fraction of sp³-hybridized carbons (Fsp3) is 0.536. The summed E-state index contributed by atoms with van der Waals surface area (Å²) in [6, 6.07) is 4.47. The first-order valence-electron chi connectivity index (χ1n) is 12.6. The highest BCUT2D eigenvalue weighted by molar-refractivity contribution is 7.15. The number of imidazole rings is 1. The van der Waals surface area contributed by atoms with Gasteiger partial charge in [-0.2, -0.15) is 0 Å². The predicted octanol–water partition coefficient (Wildman–Crippen LogP) is 5.31. The summed E-state index contributed by atoms with van der Waals surface area (Å²) < 4.78 is 7.33. The number of piperidine rings is 1.